The van der Waals surface area contributed by atoms with Gasteiger partial charge in [0.1, 0.15) is 6.33 Å². The Bertz CT molecular complexity index is 519. The lowest BCUT2D eigenvalue weighted by atomic mass is 10.00. The SMILES string of the molecule is CC(C)n1cnnc1SCC(=O)N1CC2CCC(O)C2C1. The first kappa shape index (κ1) is 14.8. The normalized spacial score (nSPS) is 28.4. The molecule has 1 aliphatic carbocycles. The van der Waals surface area contributed by atoms with Crippen LogP contribution in [0.4, 0.5) is 0 Å². The summed E-state index contributed by atoms with van der Waals surface area (Å²) in [6.07, 6.45) is 3.42. The molecule has 1 aliphatic heterocycles. The predicted molar refractivity (Wildman–Crippen MR) is 79.9 cm³/mol. The molecule has 3 rings (SSSR count). The molecule has 1 aromatic heterocycles. The summed E-state index contributed by atoms with van der Waals surface area (Å²) >= 11 is 1.44. The minimum absolute atomic E-state index is 0.139. The van der Waals surface area contributed by atoms with Crippen LogP contribution in [0.15, 0.2) is 11.5 Å². The number of aliphatic hydroxyl groups is 1. The molecular weight excluding hydrogens is 288 g/mol. The number of aromatic nitrogens is 3. The molecule has 0 radical (unpaired) electrons. The molecule has 3 unspecified atom stereocenters. The topological polar surface area (TPSA) is 71.2 Å². The number of carbonyl (C=O) groups is 1. The van der Waals surface area contributed by atoms with E-state index in [-0.39, 0.29) is 12.0 Å². The van der Waals surface area contributed by atoms with Crippen LogP contribution < -0.4 is 0 Å². The molecule has 0 aromatic carbocycles. The minimum Gasteiger partial charge on any atom is -0.393 e. The standard InChI is InChI=1S/C14H22N4O2S/c1-9(2)18-8-15-16-14(18)21-7-13(20)17-5-10-3-4-12(19)11(10)6-17/h8-12,19H,3-7H2,1-2H3. The van der Waals surface area contributed by atoms with Crippen LogP contribution in [0.2, 0.25) is 0 Å². The van der Waals surface area contributed by atoms with E-state index in [1.54, 1.807) is 6.33 Å². The molecule has 0 bridgehead atoms. The lowest BCUT2D eigenvalue weighted by Gasteiger charge is -2.18. The molecule has 0 spiro atoms. The van der Waals surface area contributed by atoms with Crippen molar-refractivity contribution >= 4 is 17.7 Å². The first-order chi connectivity index (χ1) is 10.1. The highest BCUT2D eigenvalue weighted by molar-refractivity contribution is 7.99. The second-order valence-electron chi connectivity index (χ2n) is 6.27. The maximum atomic E-state index is 12.3. The molecule has 3 atom stereocenters. The minimum atomic E-state index is -0.218. The second kappa shape index (κ2) is 5.96. The zero-order valence-corrected chi connectivity index (χ0v) is 13.3. The Labute approximate surface area is 128 Å². The molecule has 1 aromatic rings. The number of hydrogen-bond acceptors (Lipinski definition) is 5. The largest absolute Gasteiger partial charge is 0.393 e. The van der Waals surface area contributed by atoms with Crippen molar-refractivity contribution < 1.29 is 9.90 Å². The fourth-order valence-electron chi connectivity index (χ4n) is 3.35. The number of aliphatic hydroxyl groups excluding tert-OH is 1. The fraction of sp³-hybridized carbons (Fsp3) is 0.786. The Morgan fingerprint density at radius 2 is 2.29 bits per heavy atom. The number of amides is 1. The van der Waals surface area contributed by atoms with E-state index in [2.05, 4.69) is 24.0 Å². The summed E-state index contributed by atoms with van der Waals surface area (Å²) in [5.41, 5.74) is 0. The maximum absolute atomic E-state index is 12.3. The van der Waals surface area contributed by atoms with Crippen molar-refractivity contribution in [1.82, 2.24) is 19.7 Å². The van der Waals surface area contributed by atoms with Gasteiger partial charge in [0, 0.05) is 25.0 Å². The third kappa shape index (κ3) is 2.94. The van der Waals surface area contributed by atoms with Gasteiger partial charge in [-0.1, -0.05) is 11.8 Å². The van der Waals surface area contributed by atoms with Crippen LogP contribution in [0.3, 0.4) is 0 Å². The van der Waals surface area contributed by atoms with Gasteiger partial charge in [0.05, 0.1) is 11.9 Å². The van der Waals surface area contributed by atoms with E-state index in [9.17, 15) is 9.90 Å². The van der Waals surface area contributed by atoms with Crippen LogP contribution in [0.25, 0.3) is 0 Å². The molecule has 1 saturated carbocycles. The van der Waals surface area contributed by atoms with Gasteiger partial charge in [-0.25, -0.2) is 0 Å². The molecular formula is C14H22N4O2S. The van der Waals surface area contributed by atoms with Crippen LogP contribution in [0.1, 0.15) is 32.7 Å². The van der Waals surface area contributed by atoms with E-state index in [4.69, 9.17) is 0 Å². The van der Waals surface area contributed by atoms with Crippen LogP contribution in [-0.4, -0.2) is 55.6 Å². The Kier molecular flexibility index (Phi) is 4.21. The zero-order valence-electron chi connectivity index (χ0n) is 12.5. The quantitative estimate of drug-likeness (QED) is 0.846. The molecule has 7 heteroatoms. The van der Waals surface area contributed by atoms with Gasteiger partial charge in [0.2, 0.25) is 5.91 Å². The first-order valence-electron chi connectivity index (χ1n) is 7.54. The molecule has 1 N–H and O–H groups in total. The van der Waals surface area contributed by atoms with Gasteiger partial charge in [-0.15, -0.1) is 10.2 Å². The van der Waals surface area contributed by atoms with Crippen LogP contribution >= 0.6 is 11.8 Å². The van der Waals surface area contributed by atoms with Crippen molar-refractivity contribution in [3.63, 3.8) is 0 Å². The van der Waals surface area contributed by atoms with Crippen LogP contribution in [0.5, 0.6) is 0 Å². The summed E-state index contributed by atoms with van der Waals surface area (Å²) in [7, 11) is 0. The van der Waals surface area contributed by atoms with Gasteiger partial charge >= 0.3 is 0 Å². The van der Waals surface area contributed by atoms with E-state index in [1.807, 2.05) is 9.47 Å². The van der Waals surface area contributed by atoms with Gasteiger partial charge in [-0.05, 0) is 32.6 Å². The molecule has 116 valence electrons. The van der Waals surface area contributed by atoms with E-state index < -0.39 is 0 Å². The predicted octanol–water partition coefficient (Wildman–Crippen LogP) is 1.18. The maximum Gasteiger partial charge on any atom is 0.233 e. The number of rotatable bonds is 4. The second-order valence-corrected chi connectivity index (χ2v) is 7.21. The molecule has 2 fully saturated rings. The lowest BCUT2D eigenvalue weighted by molar-refractivity contribution is -0.127. The molecule has 2 aliphatic rings. The van der Waals surface area contributed by atoms with Gasteiger partial charge in [0.25, 0.3) is 0 Å². The van der Waals surface area contributed by atoms with Crippen LogP contribution in [0, 0.1) is 11.8 Å². The Balaban J connectivity index is 1.54. The summed E-state index contributed by atoms with van der Waals surface area (Å²) in [6, 6.07) is 0.291. The summed E-state index contributed by atoms with van der Waals surface area (Å²) in [6.45, 7) is 5.65. The van der Waals surface area contributed by atoms with E-state index in [1.165, 1.54) is 11.8 Å². The van der Waals surface area contributed by atoms with E-state index >= 15 is 0 Å². The van der Waals surface area contributed by atoms with Crippen molar-refractivity contribution in [2.24, 2.45) is 11.8 Å². The third-order valence-corrected chi connectivity index (χ3v) is 5.53. The molecule has 1 amide bonds. The summed E-state index contributed by atoms with van der Waals surface area (Å²) < 4.78 is 1.97. The van der Waals surface area contributed by atoms with E-state index in [0.29, 0.717) is 30.2 Å². The fourth-order valence-corrected chi connectivity index (χ4v) is 4.29. The van der Waals surface area contributed by atoms with Gasteiger partial charge < -0.3 is 14.6 Å². The first-order valence-corrected chi connectivity index (χ1v) is 8.53. The smallest absolute Gasteiger partial charge is 0.233 e. The number of carbonyl (C=O) groups excluding carboxylic acids is 1. The van der Waals surface area contributed by atoms with Crippen molar-refractivity contribution in [2.75, 3.05) is 18.8 Å². The Morgan fingerprint density at radius 1 is 1.48 bits per heavy atom. The van der Waals surface area contributed by atoms with Crippen molar-refractivity contribution in [2.45, 2.75) is 44.0 Å². The van der Waals surface area contributed by atoms with Gasteiger partial charge in [-0.3, -0.25) is 4.79 Å². The average Bonchev–Trinajstić information content (AvgIpc) is 3.13. The summed E-state index contributed by atoms with van der Waals surface area (Å²) in [5.74, 6) is 1.31. The van der Waals surface area contributed by atoms with Gasteiger partial charge in [-0.2, -0.15) is 0 Å². The van der Waals surface area contributed by atoms with Gasteiger partial charge in [0.15, 0.2) is 5.16 Å². The zero-order chi connectivity index (χ0) is 15.0. The Hall–Kier alpha value is -1.08. The average molecular weight is 310 g/mol. The highest BCUT2D eigenvalue weighted by atomic mass is 32.2. The van der Waals surface area contributed by atoms with Crippen molar-refractivity contribution in [3.05, 3.63) is 6.33 Å². The molecule has 1 saturated heterocycles. The van der Waals surface area contributed by atoms with Crippen molar-refractivity contribution in [1.29, 1.82) is 0 Å². The third-order valence-electron chi connectivity index (χ3n) is 4.59. The summed E-state index contributed by atoms with van der Waals surface area (Å²) in [5, 5.41) is 18.7. The number of likely N-dealkylation sites (tertiary alicyclic amines) is 1. The molecule has 21 heavy (non-hydrogen) atoms. The molecule has 6 nitrogen and oxygen atoms in total. The van der Waals surface area contributed by atoms with Crippen molar-refractivity contribution in [3.8, 4) is 0 Å². The van der Waals surface area contributed by atoms with Crippen LogP contribution in [-0.2, 0) is 4.79 Å². The highest BCUT2D eigenvalue weighted by Gasteiger charge is 2.43. The monoisotopic (exact) mass is 310 g/mol. The van der Waals surface area contributed by atoms with E-state index in [0.717, 1.165) is 24.5 Å². The summed E-state index contributed by atoms with van der Waals surface area (Å²) in [4.78, 5) is 14.2. The number of hydrogen-bond donors (Lipinski definition) is 1. The Morgan fingerprint density at radius 3 is 3.00 bits per heavy atom. The highest BCUT2D eigenvalue weighted by Crippen LogP contribution is 2.38. The number of thioether (sulfide) groups is 1. The lowest BCUT2D eigenvalue weighted by Crippen LogP contribution is -2.32. The molecule has 2 heterocycles. The number of fused-ring (bicyclic) bond motifs is 1. The number of nitrogens with zero attached hydrogens (tertiary/aromatic N) is 4.